The highest BCUT2D eigenvalue weighted by Crippen LogP contribution is 2.52. The van der Waals surface area contributed by atoms with Crippen LogP contribution in [0.5, 0.6) is 0 Å². The molecule has 3 N–H and O–H groups in total. The van der Waals surface area contributed by atoms with E-state index in [4.69, 9.17) is 10.5 Å². The highest BCUT2D eigenvalue weighted by atomic mass is 32.2. The largest absolute Gasteiger partial charge is 0.481 e. The monoisotopic (exact) mass is 438 g/mol. The fourth-order valence-electron chi connectivity index (χ4n) is 4.21. The number of carbonyl (C=O) groups excluding carboxylic acids is 1. The topological polar surface area (TPSA) is 127 Å². The molecule has 9 heteroatoms. The van der Waals surface area contributed by atoms with Crippen molar-refractivity contribution in [3.8, 4) is 0 Å². The maximum absolute atomic E-state index is 13.1. The van der Waals surface area contributed by atoms with Crippen LogP contribution in [0.25, 0.3) is 0 Å². The van der Waals surface area contributed by atoms with Crippen molar-refractivity contribution in [3.63, 3.8) is 0 Å². The van der Waals surface area contributed by atoms with Crippen LogP contribution in [-0.4, -0.2) is 47.9 Å². The minimum absolute atomic E-state index is 0.0544. The molecule has 2 atom stereocenters. The maximum atomic E-state index is 13.1. The second-order valence-corrected chi connectivity index (χ2v) is 11.4. The second-order valence-electron chi connectivity index (χ2n) is 9.18. The van der Waals surface area contributed by atoms with E-state index in [1.807, 2.05) is 0 Å². The molecule has 1 saturated heterocycles. The summed E-state index contributed by atoms with van der Waals surface area (Å²) in [6, 6.07) is 3.43. The molecule has 1 saturated carbocycles. The summed E-state index contributed by atoms with van der Waals surface area (Å²) in [6.45, 7) is 7.07. The SMILES string of the molecule is CC[C@@]1(C(=O)O)CCN(C(=O)OC(C)(C)C)[C@H]1c1cc(N)ccc1S(=O)(=O)C1CC1. The lowest BCUT2D eigenvalue weighted by Crippen LogP contribution is -2.42. The molecule has 166 valence electrons. The zero-order chi connectivity index (χ0) is 22.5. The lowest BCUT2D eigenvalue weighted by atomic mass is 9.75. The number of hydrogen-bond donors (Lipinski definition) is 2. The van der Waals surface area contributed by atoms with Gasteiger partial charge >= 0.3 is 12.1 Å². The van der Waals surface area contributed by atoms with Gasteiger partial charge in [0, 0.05) is 12.2 Å². The molecule has 0 spiro atoms. The Bertz CT molecular complexity index is 964. The van der Waals surface area contributed by atoms with Crippen molar-refractivity contribution >= 4 is 27.6 Å². The fraction of sp³-hybridized carbons (Fsp3) is 0.619. The number of rotatable bonds is 5. The van der Waals surface area contributed by atoms with E-state index in [9.17, 15) is 23.1 Å². The smallest absolute Gasteiger partial charge is 0.410 e. The van der Waals surface area contributed by atoms with Crippen molar-refractivity contribution in [3.05, 3.63) is 23.8 Å². The van der Waals surface area contributed by atoms with Gasteiger partial charge in [-0.15, -0.1) is 0 Å². The average Bonchev–Trinajstić information content (AvgIpc) is 3.40. The molecular weight excluding hydrogens is 408 g/mol. The highest BCUT2D eigenvalue weighted by Gasteiger charge is 2.56. The number of amides is 1. The van der Waals surface area contributed by atoms with Crippen molar-refractivity contribution in [1.29, 1.82) is 0 Å². The predicted molar refractivity (Wildman–Crippen MR) is 112 cm³/mol. The molecular formula is C21H30N2O6S. The third-order valence-electron chi connectivity index (χ3n) is 5.92. The minimum atomic E-state index is -3.65. The third-order valence-corrected chi connectivity index (χ3v) is 8.25. The number of carboxylic acids is 1. The lowest BCUT2D eigenvalue weighted by Gasteiger charge is -2.36. The first kappa shape index (κ1) is 22.4. The Hall–Kier alpha value is -2.29. The number of benzene rings is 1. The Morgan fingerprint density at radius 2 is 1.93 bits per heavy atom. The molecule has 0 radical (unpaired) electrons. The number of likely N-dealkylation sites (tertiary alicyclic amines) is 1. The number of carbonyl (C=O) groups is 2. The Morgan fingerprint density at radius 3 is 2.43 bits per heavy atom. The first-order chi connectivity index (χ1) is 13.8. The van der Waals surface area contributed by atoms with E-state index in [0.717, 1.165) is 0 Å². The summed E-state index contributed by atoms with van der Waals surface area (Å²) in [5, 5.41) is 9.68. The first-order valence-electron chi connectivity index (χ1n) is 10.2. The molecule has 30 heavy (non-hydrogen) atoms. The number of anilines is 1. The van der Waals surface area contributed by atoms with Crippen LogP contribution in [0.1, 0.15) is 65.0 Å². The van der Waals surface area contributed by atoms with Crippen LogP contribution in [0, 0.1) is 5.41 Å². The Balaban J connectivity index is 2.20. The second kappa shape index (κ2) is 7.44. The molecule has 3 rings (SSSR count). The summed E-state index contributed by atoms with van der Waals surface area (Å²) >= 11 is 0. The van der Waals surface area contributed by atoms with E-state index in [1.54, 1.807) is 27.7 Å². The van der Waals surface area contributed by atoms with Gasteiger partial charge in [-0.3, -0.25) is 9.69 Å². The number of hydrogen-bond acceptors (Lipinski definition) is 6. The Morgan fingerprint density at radius 1 is 1.30 bits per heavy atom. The molecule has 2 fully saturated rings. The summed E-state index contributed by atoms with van der Waals surface area (Å²) in [7, 11) is -3.65. The van der Waals surface area contributed by atoms with Gasteiger partial charge < -0.3 is 15.6 Å². The first-order valence-corrected chi connectivity index (χ1v) is 11.7. The predicted octanol–water partition coefficient (Wildman–Crippen LogP) is 3.37. The third kappa shape index (κ3) is 3.87. The van der Waals surface area contributed by atoms with E-state index in [0.29, 0.717) is 18.5 Å². The Kier molecular flexibility index (Phi) is 5.56. The molecule has 1 aromatic carbocycles. The van der Waals surface area contributed by atoms with Gasteiger partial charge in [-0.2, -0.15) is 0 Å². The number of carboxylic acid groups (broad SMARTS) is 1. The van der Waals surface area contributed by atoms with Crippen LogP contribution in [0.3, 0.4) is 0 Å². The normalized spacial score (nSPS) is 24.7. The van der Waals surface area contributed by atoms with Crippen molar-refractivity contribution in [2.45, 2.75) is 75.2 Å². The summed E-state index contributed by atoms with van der Waals surface area (Å²) in [5.41, 5.74) is 4.44. The van der Waals surface area contributed by atoms with Crippen LogP contribution in [0.2, 0.25) is 0 Å². The summed E-state index contributed by atoms with van der Waals surface area (Å²) in [5.74, 6) is -1.07. The van der Waals surface area contributed by atoms with Gasteiger partial charge in [-0.25, -0.2) is 13.2 Å². The Labute approximate surface area is 177 Å². The molecule has 1 heterocycles. The van der Waals surface area contributed by atoms with Crippen LogP contribution >= 0.6 is 0 Å². The van der Waals surface area contributed by atoms with Gasteiger partial charge in [-0.05, 0) is 70.2 Å². The van der Waals surface area contributed by atoms with Crippen molar-refractivity contribution in [1.82, 2.24) is 4.90 Å². The van der Waals surface area contributed by atoms with E-state index in [1.165, 1.54) is 23.1 Å². The quantitative estimate of drug-likeness (QED) is 0.675. The molecule has 0 aromatic heterocycles. The number of sulfone groups is 1. The van der Waals surface area contributed by atoms with E-state index in [2.05, 4.69) is 0 Å². The van der Waals surface area contributed by atoms with Gasteiger partial charge in [-0.1, -0.05) is 6.92 Å². The van der Waals surface area contributed by atoms with Gasteiger partial charge in [0.05, 0.1) is 21.6 Å². The molecule has 1 aliphatic heterocycles. The molecule has 2 aliphatic rings. The average molecular weight is 439 g/mol. The number of ether oxygens (including phenoxy) is 1. The van der Waals surface area contributed by atoms with Gasteiger partial charge in [0.1, 0.15) is 5.60 Å². The zero-order valence-electron chi connectivity index (χ0n) is 17.8. The maximum Gasteiger partial charge on any atom is 0.410 e. The zero-order valence-corrected chi connectivity index (χ0v) is 18.7. The van der Waals surface area contributed by atoms with E-state index in [-0.39, 0.29) is 29.8 Å². The summed E-state index contributed by atoms with van der Waals surface area (Å²) < 4.78 is 31.8. The van der Waals surface area contributed by atoms with Crippen LogP contribution in [0.15, 0.2) is 23.1 Å². The van der Waals surface area contributed by atoms with Gasteiger partial charge in [0.15, 0.2) is 9.84 Å². The molecule has 1 amide bonds. The molecule has 1 aliphatic carbocycles. The van der Waals surface area contributed by atoms with Crippen molar-refractivity contribution in [2.75, 3.05) is 12.3 Å². The van der Waals surface area contributed by atoms with Gasteiger partial charge in [0.25, 0.3) is 0 Å². The standard InChI is InChI=1S/C21H30N2O6S/c1-5-21(18(24)25)10-11-23(19(26)29-20(2,3)4)17(21)15-12-13(22)6-9-16(15)30(27,28)14-7-8-14/h6,9,12,14,17H,5,7-8,10-11,22H2,1-4H3,(H,24,25)/t17-,21+/m0/s1. The number of nitrogens with two attached hydrogens (primary N) is 1. The van der Waals surface area contributed by atoms with E-state index >= 15 is 0 Å². The summed E-state index contributed by atoms with van der Waals surface area (Å²) in [6.07, 6.45) is 0.903. The number of aliphatic carboxylic acids is 1. The number of nitrogens with zero attached hydrogens (tertiary/aromatic N) is 1. The lowest BCUT2D eigenvalue weighted by molar-refractivity contribution is -0.151. The molecule has 0 bridgehead atoms. The van der Waals surface area contributed by atoms with E-state index < -0.39 is 44.2 Å². The van der Waals surface area contributed by atoms with Crippen LogP contribution in [0.4, 0.5) is 10.5 Å². The highest BCUT2D eigenvalue weighted by molar-refractivity contribution is 7.92. The molecule has 0 unspecified atom stereocenters. The molecule has 8 nitrogen and oxygen atoms in total. The van der Waals surface area contributed by atoms with Crippen molar-refractivity contribution < 1.29 is 27.9 Å². The van der Waals surface area contributed by atoms with Gasteiger partial charge in [0.2, 0.25) is 0 Å². The fourth-order valence-corrected chi connectivity index (χ4v) is 6.08. The van der Waals surface area contributed by atoms with Crippen LogP contribution < -0.4 is 5.73 Å². The van der Waals surface area contributed by atoms with Crippen LogP contribution in [-0.2, 0) is 19.4 Å². The summed E-state index contributed by atoms with van der Waals surface area (Å²) in [4.78, 5) is 26.8. The van der Waals surface area contributed by atoms with Crippen molar-refractivity contribution in [2.24, 2.45) is 5.41 Å². The molecule has 1 aromatic rings. The minimum Gasteiger partial charge on any atom is -0.481 e. The number of nitrogen functional groups attached to an aromatic ring is 1.